The van der Waals surface area contributed by atoms with Gasteiger partial charge in [0.25, 0.3) is 11.8 Å². The molecule has 2 amide bonds. The Labute approximate surface area is 162 Å². The summed E-state index contributed by atoms with van der Waals surface area (Å²) < 4.78 is 18.9. The molecule has 0 aliphatic carbocycles. The van der Waals surface area contributed by atoms with Crippen molar-refractivity contribution in [3.05, 3.63) is 71.7 Å². The highest BCUT2D eigenvalue weighted by molar-refractivity contribution is 5.96. The van der Waals surface area contributed by atoms with Gasteiger partial charge in [-0.15, -0.1) is 0 Å². The second-order valence-corrected chi connectivity index (χ2v) is 7.10. The molecule has 1 aliphatic rings. The first-order valence-corrected chi connectivity index (χ1v) is 9.42. The van der Waals surface area contributed by atoms with Crippen LogP contribution in [-0.4, -0.2) is 36.3 Å². The molecule has 5 nitrogen and oxygen atoms in total. The van der Waals surface area contributed by atoms with Crippen LogP contribution >= 0.6 is 0 Å². The highest BCUT2D eigenvalue weighted by Crippen LogP contribution is 2.23. The molecule has 1 aromatic heterocycles. The largest absolute Gasteiger partial charge is 0.451 e. The molecule has 28 heavy (non-hydrogen) atoms. The first-order chi connectivity index (χ1) is 13.6. The standard InChI is InChI=1S/C22H21FN2O3/c23-18-6-3-5-17(12-18)21(26)24-14-15-8-10-25(11-9-15)22(27)20-13-16-4-1-2-7-19(16)28-20/h1-7,12-13,15H,8-11,14H2,(H,24,26). The average molecular weight is 380 g/mol. The van der Waals surface area contributed by atoms with Crippen LogP contribution in [0.4, 0.5) is 4.39 Å². The number of carbonyl (C=O) groups excluding carboxylic acids is 2. The van der Waals surface area contributed by atoms with Gasteiger partial charge in [0.2, 0.25) is 0 Å². The van der Waals surface area contributed by atoms with Crippen LogP contribution in [0.1, 0.15) is 33.8 Å². The highest BCUT2D eigenvalue weighted by Gasteiger charge is 2.26. The van der Waals surface area contributed by atoms with Crippen LogP contribution in [0.2, 0.25) is 0 Å². The van der Waals surface area contributed by atoms with Crippen LogP contribution in [0.3, 0.4) is 0 Å². The van der Waals surface area contributed by atoms with Crippen molar-refractivity contribution in [2.24, 2.45) is 5.92 Å². The minimum Gasteiger partial charge on any atom is -0.451 e. The second kappa shape index (κ2) is 7.84. The molecule has 1 aliphatic heterocycles. The van der Waals surface area contributed by atoms with E-state index >= 15 is 0 Å². The Morgan fingerprint density at radius 3 is 2.61 bits per heavy atom. The van der Waals surface area contributed by atoms with Gasteiger partial charge in [0.1, 0.15) is 11.4 Å². The van der Waals surface area contributed by atoms with Crippen molar-refractivity contribution in [2.75, 3.05) is 19.6 Å². The van der Waals surface area contributed by atoms with Gasteiger partial charge in [-0.25, -0.2) is 4.39 Å². The van der Waals surface area contributed by atoms with E-state index in [0.29, 0.717) is 36.5 Å². The minimum atomic E-state index is -0.426. The molecule has 6 heteroatoms. The molecule has 1 saturated heterocycles. The number of amides is 2. The Morgan fingerprint density at radius 2 is 1.86 bits per heavy atom. The Morgan fingerprint density at radius 1 is 1.07 bits per heavy atom. The SMILES string of the molecule is O=C(NCC1CCN(C(=O)c2cc3ccccc3o2)CC1)c1cccc(F)c1. The molecular formula is C22H21FN2O3. The number of hydrogen-bond acceptors (Lipinski definition) is 3. The van der Waals surface area contributed by atoms with Crippen LogP contribution in [0.5, 0.6) is 0 Å². The molecular weight excluding hydrogens is 359 g/mol. The monoisotopic (exact) mass is 380 g/mol. The van der Waals surface area contributed by atoms with E-state index in [1.54, 1.807) is 17.0 Å². The Hall–Kier alpha value is -3.15. The second-order valence-electron chi connectivity index (χ2n) is 7.10. The highest BCUT2D eigenvalue weighted by atomic mass is 19.1. The number of benzene rings is 2. The van der Waals surface area contributed by atoms with E-state index in [-0.39, 0.29) is 17.7 Å². The fourth-order valence-electron chi connectivity index (χ4n) is 3.55. The molecule has 0 saturated carbocycles. The third-order valence-corrected chi connectivity index (χ3v) is 5.18. The molecule has 144 valence electrons. The van der Waals surface area contributed by atoms with Crippen molar-refractivity contribution in [3.8, 4) is 0 Å². The summed E-state index contributed by atoms with van der Waals surface area (Å²) in [5.74, 6) is -0.153. The van der Waals surface area contributed by atoms with Crippen molar-refractivity contribution in [1.82, 2.24) is 10.2 Å². The molecule has 0 radical (unpaired) electrons. The summed E-state index contributed by atoms with van der Waals surface area (Å²) >= 11 is 0. The van der Waals surface area contributed by atoms with Crippen molar-refractivity contribution < 1.29 is 18.4 Å². The minimum absolute atomic E-state index is 0.0987. The van der Waals surface area contributed by atoms with Gasteiger partial charge >= 0.3 is 0 Å². The van der Waals surface area contributed by atoms with Gasteiger partial charge in [-0.3, -0.25) is 9.59 Å². The number of likely N-dealkylation sites (tertiary alicyclic amines) is 1. The summed E-state index contributed by atoms with van der Waals surface area (Å²) in [5, 5.41) is 3.78. The fraction of sp³-hybridized carbons (Fsp3) is 0.273. The van der Waals surface area contributed by atoms with Gasteiger partial charge in [0, 0.05) is 30.6 Å². The molecule has 0 bridgehead atoms. The summed E-state index contributed by atoms with van der Waals surface area (Å²) in [6.45, 7) is 1.76. The van der Waals surface area contributed by atoms with Gasteiger partial charge in [0.05, 0.1) is 0 Å². The number of hydrogen-bond donors (Lipinski definition) is 1. The van der Waals surface area contributed by atoms with Gasteiger partial charge in [-0.2, -0.15) is 0 Å². The lowest BCUT2D eigenvalue weighted by molar-refractivity contribution is 0.0655. The smallest absolute Gasteiger partial charge is 0.289 e. The zero-order chi connectivity index (χ0) is 19.5. The van der Waals surface area contributed by atoms with E-state index in [9.17, 15) is 14.0 Å². The number of nitrogens with zero attached hydrogens (tertiary/aromatic N) is 1. The van der Waals surface area contributed by atoms with E-state index in [2.05, 4.69) is 5.32 Å². The number of carbonyl (C=O) groups is 2. The van der Waals surface area contributed by atoms with E-state index in [1.807, 2.05) is 24.3 Å². The van der Waals surface area contributed by atoms with Gasteiger partial charge in [0.15, 0.2) is 5.76 Å². The van der Waals surface area contributed by atoms with Crippen LogP contribution in [0.25, 0.3) is 11.0 Å². The van der Waals surface area contributed by atoms with Crippen LogP contribution < -0.4 is 5.32 Å². The van der Waals surface area contributed by atoms with Crippen molar-refractivity contribution in [1.29, 1.82) is 0 Å². The maximum Gasteiger partial charge on any atom is 0.289 e. The van der Waals surface area contributed by atoms with E-state index < -0.39 is 5.82 Å². The molecule has 2 heterocycles. The molecule has 4 rings (SSSR count). The topological polar surface area (TPSA) is 62.6 Å². The number of nitrogens with one attached hydrogen (secondary N) is 1. The number of rotatable bonds is 4. The molecule has 0 atom stereocenters. The number of piperidine rings is 1. The third kappa shape index (κ3) is 3.91. The Bertz CT molecular complexity index is 973. The molecule has 2 aromatic carbocycles. The van der Waals surface area contributed by atoms with Gasteiger partial charge < -0.3 is 14.6 Å². The quantitative estimate of drug-likeness (QED) is 0.748. The van der Waals surface area contributed by atoms with Gasteiger partial charge in [-0.1, -0.05) is 24.3 Å². The summed E-state index contributed by atoms with van der Waals surface area (Å²) in [6, 6.07) is 15.0. The summed E-state index contributed by atoms with van der Waals surface area (Å²) in [7, 11) is 0. The summed E-state index contributed by atoms with van der Waals surface area (Å²) in [6.07, 6.45) is 1.60. The lowest BCUT2D eigenvalue weighted by atomic mass is 9.96. The van der Waals surface area contributed by atoms with Crippen molar-refractivity contribution in [2.45, 2.75) is 12.8 Å². The third-order valence-electron chi connectivity index (χ3n) is 5.18. The van der Waals surface area contributed by atoms with Crippen LogP contribution in [-0.2, 0) is 0 Å². The molecule has 1 N–H and O–H groups in total. The Balaban J connectivity index is 1.29. The zero-order valence-electron chi connectivity index (χ0n) is 15.4. The van der Waals surface area contributed by atoms with Gasteiger partial charge in [-0.05, 0) is 49.1 Å². The molecule has 0 unspecified atom stereocenters. The fourth-order valence-corrected chi connectivity index (χ4v) is 3.55. The number of para-hydroxylation sites is 1. The molecule has 0 spiro atoms. The van der Waals surface area contributed by atoms with E-state index in [0.717, 1.165) is 18.2 Å². The van der Waals surface area contributed by atoms with Crippen LogP contribution in [0, 0.1) is 11.7 Å². The lowest BCUT2D eigenvalue weighted by Crippen LogP contribution is -2.41. The van der Waals surface area contributed by atoms with E-state index in [4.69, 9.17) is 4.42 Å². The number of fused-ring (bicyclic) bond motifs is 1. The zero-order valence-corrected chi connectivity index (χ0v) is 15.4. The molecule has 3 aromatic rings. The number of furan rings is 1. The van der Waals surface area contributed by atoms with E-state index in [1.165, 1.54) is 18.2 Å². The van der Waals surface area contributed by atoms with Crippen LogP contribution in [0.15, 0.2) is 59.0 Å². The predicted octanol–water partition coefficient (Wildman–Crippen LogP) is 3.85. The van der Waals surface area contributed by atoms with Crippen molar-refractivity contribution in [3.63, 3.8) is 0 Å². The van der Waals surface area contributed by atoms with Crippen molar-refractivity contribution >= 4 is 22.8 Å². The first-order valence-electron chi connectivity index (χ1n) is 9.42. The maximum atomic E-state index is 13.2. The molecule has 1 fully saturated rings. The normalized spacial score (nSPS) is 15.0. The predicted molar refractivity (Wildman–Crippen MR) is 104 cm³/mol. The average Bonchev–Trinajstić information content (AvgIpc) is 3.16. The summed E-state index contributed by atoms with van der Waals surface area (Å²) in [5.41, 5.74) is 1.03. The maximum absolute atomic E-state index is 13.2. The number of halogens is 1. The first kappa shape index (κ1) is 18.2. The Kier molecular flexibility index (Phi) is 5.10. The summed E-state index contributed by atoms with van der Waals surface area (Å²) in [4.78, 5) is 26.6. The lowest BCUT2D eigenvalue weighted by Gasteiger charge is -2.31.